The zero-order chi connectivity index (χ0) is 18.0. The second-order valence-corrected chi connectivity index (χ2v) is 6.32. The average Bonchev–Trinajstić information content (AvgIpc) is 3.16. The highest BCUT2D eigenvalue weighted by Gasteiger charge is 2.19. The molecule has 0 aliphatic heterocycles. The molecular weight excluding hydrogens is 320 g/mol. The van der Waals surface area contributed by atoms with Crippen molar-refractivity contribution in [1.29, 1.82) is 0 Å². The molecule has 0 bridgehead atoms. The maximum absolute atomic E-state index is 13.0. The molecule has 0 aliphatic rings. The van der Waals surface area contributed by atoms with Crippen LogP contribution >= 0.6 is 0 Å². The summed E-state index contributed by atoms with van der Waals surface area (Å²) in [6.45, 7) is 3.65. The molecule has 3 heterocycles. The first-order valence-electron chi connectivity index (χ1n) is 8.09. The van der Waals surface area contributed by atoms with Crippen LogP contribution in [0.2, 0.25) is 0 Å². The maximum atomic E-state index is 13.0. The topological polar surface area (TPSA) is 80.3 Å². The summed E-state index contributed by atoms with van der Waals surface area (Å²) in [6.07, 6.45) is 1.57. The van der Waals surface area contributed by atoms with Crippen LogP contribution in [0.1, 0.15) is 21.9 Å². The Balaban J connectivity index is 1.85. The van der Waals surface area contributed by atoms with E-state index in [1.807, 2.05) is 38.1 Å². The van der Waals surface area contributed by atoms with Gasteiger partial charge in [-0.1, -0.05) is 5.21 Å². The molecule has 25 heavy (non-hydrogen) atoms. The summed E-state index contributed by atoms with van der Waals surface area (Å²) in [7, 11) is 5.73. The van der Waals surface area contributed by atoms with E-state index in [0.29, 0.717) is 29.8 Å². The molecule has 3 aromatic rings. The van der Waals surface area contributed by atoms with E-state index in [2.05, 4.69) is 15.3 Å². The van der Waals surface area contributed by atoms with Crippen LogP contribution in [-0.4, -0.2) is 62.9 Å². The molecule has 8 heteroatoms. The van der Waals surface area contributed by atoms with Crippen molar-refractivity contribution >= 4 is 17.1 Å². The zero-order valence-electron chi connectivity index (χ0n) is 14.9. The van der Waals surface area contributed by atoms with E-state index < -0.39 is 0 Å². The quantitative estimate of drug-likeness (QED) is 0.675. The number of fused-ring (bicyclic) bond motifs is 1. The number of aryl methyl sites for hydroxylation is 2. The number of hydrogen-bond acceptors (Lipinski definition) is 6. The van der Waals surface area contributed by atoms with Crippen LogP contribution in [-0.2, 0) is 13.6 Å². The van der Waals surface area contributed by atoms with Gasteiger partial charge in [0.2, 0.25) is 0 Å². The van der Waals surface area contributed by atoms with E-state index in [4.69, 9.17) is 4.42 Å². The van der Waals surface area contributed by atoms with E-state index >= 15 is 0 Å². The van der Waals surface area contributed by atoms with E-state index in [1.54, 1.807) is 28.9 Å². The minimum absolute atomic E-state index is 0.101. The Labute approximate surface area is 146 Å². The molecule has 0 radical (unpaired) electrons. The summed E-state index contributed by atoms with van der Waals surface area (Å²) in [5.41, 5.74) is 1.75. The first-order chi connectivity index (χ1) is 11.9. The number of hydrogen-bond donors (Lipinski definition) is 0. The fourth-order valence-corrected chi connectivity index (χ4v) is 2.56. The predicted molar refractivity (Wildman–Crippen MR) is 93.0 cm³/mol. The number of aromatic nitrogens is 4. The molecule has 0 unspecified atom stereocenters. The molecule has 1 amide bonds. The van der Waals surface area contributed by atoms with Gasteiger partial charge in [-0.05, 0) is 39.2 Å². The van der Waals surface area contributed by atoms with Gasteiger partial charge < -0.3 is 14.2 Å². The highest BCUT2D eigenvalue weighted by Crippen LogP contribution is 2.15. The second-order valence-electron chi connectivity index (χ2n) is 6.32. The molecule has 0 aromatic carbocycles. The minimum atomic E-state index is -0.101. The van der Waals surface area contributed by atoms with Crippen molar-refractivity contribution in [1.82, 2.24) is 29.8 Å². The van der Waals surface area contributed by atoms with Gasteiger partial charge in [-0.2, -0.15) is 0 Å². The standard InChI is InChI=1S/C17H22N6O2/c1-12-5-6-14(25-12)11-23(8-7-21(2)3)17(24)13-9-15-16(18-10-13)22(4)20-19-15/h5-6,9-10H,7-8,11H2,1-4H3. The van der Waals surface area contributed by atoms with Crippen LogP contribution in [0.3, 0.4) is 0 Å². The van der Waals surface area contributed by atoms with Gasteiger partial charge in [-0.25, -0.2) is 9.67 Å². The van der Waals surface area contributed by atoms with E-state index in [1.165, 1.54) is 0 Å². The van der Waals surface area contributed by atoms with Gasteiger partial charge in [0.25, 0.3) is 5.91 Å². The highest BCUT2D eigenvalue weighted by atomic mass is 16.3. The van der Waals surface area contributed by atoms with Crippen molar-refractivity contribution in [2.24, 2.45) is 7.05 Å². The predicted octanol–water partition coefficient (Wildman–Crippen LogP) is 1.47. The SMILES string of the molecule is Cc1ccc(CN(CCN(C)C)C(=O)c2cnc3c(c2)nnn3C)o1. The number of amides is 1. The fourth-order valence-electron chi connectivity index (χ4n) is 2.56. The van der Waals surface area contributed by atoms with Gasteiger partial charge in [0, 0.05) is 26.3 Å². The van der Waals surface area contributed by atoms with Gasteiger partial charge in [-0.15, -0.1) is 5.10 Å². The Kier molecular flexibility index (Phi) is 4.80. The molecule has 8 nitrogen and oxygen atoms in total. The number of pyridine rings is 1. The molecule has 0 fully saturated rings. The molecule has 0 atom stereocenters. The summed E-state index contributed by atoms with van der Waals surface area (Å²) < 4.78 is 7.21. The number of nitrogens with zero attached hydrogens (tertiary/aromatic N) is 6. The molecule has 0 saturated heterocycles. The summed E-state index contributed by atoms with van der Waals surface area (Å²) in [6, 6.07) is 5.53. The molecule has 0 saturated carbocycles. The van der Waals surface area contributed by atoms with Crippen LogP contribution in [0.15, 0.2) is 28.8 Å². The van der Waals surface area contributed by atoms with Crippen LogP contribution in [0.4, 0.5) is 0 Å². The largest absolute Gasteiger partial charge is 0.464 e. The molecule has 0 aliphatic carbocycles. The van der Waals surface area contributed by atoms with Crippen molar-refractivity contribution < 1.29 is 9.21 Å². The smallest absolute Gasteiger partial charge is 0.255 e. The monoisotopic (exact) mass is 342 g/mol. The molecule has 132 valence electrons. The van der Waals surface area contributed by atoms with Crippen LogP contribution in [0.5, 0.6) is 0 Å². The van der Waals surface area contributed by atoms with Gasteiger partial charge in [0.1, 0.15) is 17.0 Å². The number of carbonyl (C=O) groups is 1. The third-order valence-electron chi connectivity index (χ3n) is 3.93. The summed E-state index contributed by atoms with van der Waals surface area (Å²) >= 11 is 0. The van der Waals surface area contributed by atoms with E-state index in [-0.39, 0.29) is 5.91 Å². The van der Waals surface area contributed by atoms with Crippen LogP contribution < -0.4 is 0 Å². The summed E-state index contributed by atoms with van der Waals surface area (Å²) in [5.74, 6) is 1.49. The lowest BCUT2D eigenvalue weighted by Crippen LogP contribution is -2.36. The van der Waals surface area contributed by atoms with Crippen LogP contribution in [0.25, 0.3) is 11.2 Å². The Bertz CT molecular complexity index is 882. The minimum Gasteiger partial charge on any atom is -0.464 e. The number of carbonyl (C=O) groups excluding carboxylic acids is 1. The third-order valence-corrected chi connectivity index (χ3v) is 3.93. The molecular formula is C17H22N6O2. The summed E-state index contributed by atoms with van der Waals surface area (Å²) in [4.78, 5) is 21.1. The molecule has 3 rings (SSSR count). The molecule has 3 aromatic heterocycles. The Hall–Kier alpha value is -2.74. The third kappa shape index (κ3) is 3.85. The van der Waals surface area contributed by atoms with E-state index in [9.17, 15) is 4.79 Å². The Morgan fingerprint density at radius 2 is 2.08 bits per heavy atom. The van der Waals surface area contributed by atoms with Gasteiger partial charge >= 0.3 is 0 Å². The lowest BCUT2D eigenvalue weighted by atomic mass is 10.2. The fraction of sp³-hybridized carbons (Fsp3) is 0.412. The average molecular weight is 342 g/mol. The normalized spacial score (nSPS) is 11.4. The lowest BCUT2D eigenvalue weighted by molar-refractivity contribution is 0.0719. The Morgan fingerprint density at radius 1 is 1.28 bits per heavy atom. The van der Waals surface area contributed by atoms with Gasteiger partial charge in [0.05, 0.1) is 12.1 Å². The highest BCUT2D eigenvalue weighted by molar-refractivity contribution is 5.96. The van der Waals surface area contributed by atoms with E-state index in [0.717, 1.165) is 18.1 Å². The van der Waals surface area contributed by atoms with Gasteiger partial charge in [0.15, 0.2) is 5.65 Å². The Morgan fingerprint density at radius 3 is 2.76 bits per heavy atom. The second kappa shape index (κ2) is 7.02. The number of rotatable bonds is 6. The van der Waals surface area contributed by atoms with Gasteiger partial charge in [-0.3, -0.25) is 4.79 Å². The van der Waals surface area contributed by atoms with Crippen molar-refractivity contribution in [2.45, 2.75) is 13.5 Å². The van der Waals surface area contributed by atoms with Crippen LogP contribution in [0, 0.1) is 6.92 Å². The first-order valence-corrected chi connectivity index (χ1v) is 8.09. The van der Waals surface area contributed by atoms with Crippen molar-refractivity contribution in [2.75, 3.05) is 27.2 Å². The van der Waals surface area contributed by atoms with Crippen molar-refractivity contribution in [3.63, 3.8) is 0 Å². The maximum Gasteiger partial charge on any atom is 0.255 e. The zero-order valence-corrected chi connectivity index (χ0v) is 14.9. The molecule has 0 spiro atoms. The van der Waals surface area contributed by atoms with Crippen molar-refractivity contribution in [3.05, 3.63) is 41.5 Å². The van der Waals surface area contributed by atoms with Crippen molar-refractivity contribution in [3.8, 4) is 0 Å². The molecule has 0 N–H and O–H groups in total. The number of likely N-dealkylation sites (N-methyl/N-ethyl adjacent to an activating group) is 1. The number of furan rings is 1. The lowest BCUT2D eigenvalue weighted by Gasteiger charge is -2.23. The first kappa shape index (κ1) is 17.1. The summed E-state index contributed by atoms with van der Waals surface area (Å²) in [5, 5.41) is 7.96.